The highest BCUT2D eigenvalue weighted by Gasteiger charge is 2.09. The van der Waals surface area contributed by atoms with Crippen molar-refractivity contribution in [3.05, 3.63) is 29.3 Å². The molecule has 0 fully saturated rings. The first-order valence-corrected chi connectivity index (χ1v) is 7.42. The molecule has 1 aromatic heterocycles. The van der Waals surface area contributed by atoms with Crippen molar-refractivity contribution < 1.29 is 9.47 Å². The van der Waals surface area contributed by atoms with Crippen molar-refractivity contribution >= 4 is 11.3 Å². The van der Waals surface area contributed by atoms with Gasteiger partial charge < -0.3 is 14.8 Å². The van der Waals surface area contributed by atoms with Crippen LogP contribution in [-0.4, -0.2) is 25.2 Å². The molecule has 5 heteroatoms. The predicted octanol–water partition coefficient (Wildman–Crippen LogP) is 3.33. The molecule has 0 saturated carbocycles. The summed E-state index contributed by atoms with van der Waals surface area (Å²) in [6.07, 6.45) is 0. The quantitative estimate of drug-likeness (QED) is 0.887. The van der Waals surface area contributed by atoms with E-state index < -0.39 is 0 Å². The predicted molar refractivity (Wildman–Crippen MR) is 82.6 cm³/mol. The highest BCUT2D eigenvalue weighted by molar-refractivity contribution is 7.13. The maximum absolute atomic E-state index is 5.32. The normalized spacial score (nSPS) is 10.8. The number of hydrogen-bond donors (Lipinski definition) is 1. The average Bonchev–Trinajstić information content (AvgIpc) is 2.93. The average molecular weight is 292 g/mol. The molecule has 0 bridgehead atoms. The Balaban J connectivity index is 2.19. The number of hydrogen-bond acceptors (Lipinski definition) is 5. The van der Waals surface area contributed by atoms with Crippen LogP contribution in [0.5, 0.6) is 11.5 Å². The molecule has 0 unspecified atom stereocenters. The van der Waals surface area contributed by atoms with E-state index in [0.717, 1.165) is 34.3 Å². The van der Waals surface area contributed by atoms with Gasteiger partial charge in [0.2, 0.25) is 0 Å². The van der Waals surface area contributed by atoms with Gasteiger partial charge in [0.05, 0.1) is 19.9 Å². The van der Waals surface area contributed by atoms with Crippen molar-refractivity contribution in [2.24, 2.45) is 0 Å². The summed E-state index contributed by atoms with van der Waals surface area (Å²) >= 11 is 1.64. The SMILES string of the molecule is COc1ccc(-c2nc(CNC(C)C)cs2)cc1OC. The third-order valence-electron chi connectivity index (χ3n) is 2.87. The number of ether oxygens (including phenoxy) is 2. The number of methoxy groups -OCH3 is 2. The molecule has 1 aromatic carbocycles. The van der Waals surface area contributed by atoms with E-state index in [1.165, 1.54) is 0 Å². The van der Waals surface area contributed by atoms with Crippen LogP contribution in [0.2, 0.25) is 0 Å². The molecule has 2 aromatic rings. The Labute approximate surface area is 123 Å². The molecule has 108 valence electrons. The Hall–Kier alpha value is -1.59. The van der Waals surface area contributed by atoms with Gasteiger partial charge in [-0.25, -0.2) is 4.98 Å². The van der Waals surface area contributed by atoms with Crippen LogP contribution in [0.4, 0.5) is 0 Å². The monoisotopic (exact) mass is 292 g/mol. The molecule has 0 saturated heterocycles. The molecule has 2 rings (SSSR count). The summed E-state index contributed by atoms with van der Waals surface area (Å²) in [5, 5.41) is 6.44. The van der Waals surface area contributed by atoms with Crippen molar-refractivity contribution in [1.29, 1.82) is 0 Å². The van der Waals surface area contributed by atoms with E-state index in [0.29, 0.717) is 6.04 Å². The minimum Gasteiger partial charge on any atom is -0.493 e. The van der Waals surface area contributed by atoms with Crippen LogP contribution in [-0.2, 0) is 6.54 Å². The van der Waals surface area contributed by atoms with E-state index in [2.05, 4.69) is 29.5 Å². The number of aromatic nitrogens is 1. The van der Waals surface area contributed by atoms with Crippen LogP contribution >= 0.6 is 11.3 Å². The van der Waals surface area contributed by atoms with Crippen LogP contribution in [0, 0.1) is 0 Å². The minimum atomic E-state index is 0.459. The summed E-state index contributed by atoms with van der Waals surface area (Å²) in [6.45, 7) is 5.05. The third kappa shape index (κ3) is 3.49. The van der Waals surface area contributed by atoms with E-state index in [1.807, 2.05) is 18.2 Å². The second-order valence-electron chi connectivity index (χ2n) is 4.75. The zero-order valence-corrected chi connectivity index (χ0v) is 13.1. The smallest absolute Gasteiger partial charge is 0.161 e. The molecule has 0 aliphatic rings. The molecule has 4 nitrogen and oxygen atoms in total. The lowest BCUT2D eigenvalue weighted by Gasteiger charge is -2.08. The molecule has 1 N–H and O–H groups in total. The fraction of sp³-hybridized carbons (Fsp3) is 0.400. The summed E-state index contributed by atoms with van der Waals surface area (Å²) in [6, 6.07) is 6.32. The van der Waals surface area contributed by atoms with Gasteiger partial charge in [0.1, 0.15) is 5.01 Å². The molecule has 0 spiro atoms. The second-order valence-corrected chi connectivity index (χ2v) is 5.61. The van der Waals surface area contributed by atoms with Gasteiger partial charge in [-0.2, -0.15) is 0 Å². The van der Waals surface area contributed by atoms with E-state index in [9.17, 15) is 0 Å². The lowest BCUT2D eigenvalue weighted by Crippen LogP contribution is -2.21. The Kier molecular flexibility index (Phi) is 4.98. The van der Waals surface area contributed by atoms with E-state index in [4.69, 9.17) is 9.47 Å². The fourth-order valence-corrected chi connectivity index (χ4v) is 2.62. The molecule has 0 radical (unpaired) electrons. The number of benzene rings is 1. The van der Waals surface area contributed by atoms with Gasteiger partial charge in [-0.05, 0) is 18.2 Å². The highest BCUT2D eigenvalue weighted by Crippen LogP contribution is 2.33. The summed E-state index contributed by atoms with van der Waals surface area (Å²) in [5.74, 6) is 1.46. The van der Waals surface area contributed by atoms with Crippen molar-refractivity contribution in [3.63, 3.8) is 0 Å². The molecular weight excluding hydrogens is 272 g/mol. The van der Waals surface area contributed by atoms with Gasteiger partial charge >= 0.3 is 0 Å². The fourth-order valence-electron chi connectivity index (χ4n) is 1.80. The van der Waals surface area contributed by atoms with Crippen LogP contribution in [0.25, 0.3) is 10.6 Å². The Morgan fingerprint density at radius 3 is 2.60 bits per heavy atom. The molecule has 0 atom stereocenters. The number of thiazole rings is 1. The zero-order valence-electron chi connectivity index (χ0n) is 12.3. The maximum Gasteiger partial charge on any atom is 0.161 e. The van der Waals surface area contributed by atoms with Gasteiger partial charge in [0.25, 0.3) is 0 Å². The van der Waals surface area contributed by atoms with E-state index in [1.54, 1.807) is 25.6 Å². The lowest BCUT2D eigenvalue weighted by molar-refractivity contribution is 0.355. The number of nitrogens with one attached hydrogen (secondary N) is 1. The Bertz CT molecular complexity index is 567. The van der Waals surface area contributed by atoms with Crippen LogP contribution in [0.1, 0.15) is 19.5 Å². The Morgan fingerprint density at radius 1 is 1.20 bits per heavy atom. The third-order valence-corrected chi connectivity index (χ3v) is 3.81. The van der Waals surface area contributed by atoms with Crippen molar-refractivity contribution in [1.82, 2.24) is 10.3 Å². The van der Waals surface area contributed by atoms with Gasteiger partial charge in [-0.3, -0.25) is 0 Å². The van der Waals surface area contributed by atoms with Gasteiger partial charge in [0.15, 0.2) is 11.5 Å². The molecule has 1 heterocycles. The maximum atomic E-state index is 5.32. The second kappa shape index (κ2) is 6.72. The molecule has 0 aliphatic carbocycles. The van der Waals surface area contributed by atoms with E-state index in [-0.39, 0.29) is 0 Å². The van der Waals surface area contributed by atoms with Crippen molar-refractivity contribution in [3.8, 4) is 22.1 Å². The summed E-state index contributed by atoms with van der Waals surface area (Å²) in [7, 11) is 3.28. The van der Waals surface area contributed by atoms with Crippen molar-refractivity contribution in [2.45, 2.75) is 26.4 Å². The first-order valence-electron chi connectivity index (χ1n) is 6.54. The summed E-state index contributed by atoms with van der Waals surface area (Å²) in [4.78, 5) is 4.64. The first kappa shape index (κ1) is 14.8. The first-order chi connectivity index (χ1) is 9.63. The number of nitrogens with zero attached hydrogens (tertiary/aromatic N) is 1. The minimum absolute atomic E-state index is 0.459. The van der Waals surface area contributed by atoms with Gasteiger partial charge in [0, 0.05) is 23.5 Å². The van der Waals surface area contributed by atoms with Crippen molar-refractivity contribution in [2.75, 3.05) is 14.2 Å². The largest absolute Gasteiger partial charge is 0.493 e. The van der Waals surface area contributed by atoms with Crippen LogP contribution < -0.4 is 14.8 Å². The number of rotatable bonds is 6. The molecule has 0 amide bonds. The van der Waals surface area contributed by atoms with Crippen LogP contribution in [0.15, 0.2) is 23.6 Å². The summed E-state index contributed by atoms with van der Waals surface area (Å²) in [5.41, 5.74) is 2.11. The summed E-state index contributed by atoms with van der Waals surface area (Å²) < 4.78 is 10.6. The Morgan fingerprint density at radius 2 is 1.95 bits per heavy atom. The molecule has 0 aliphatic heterocycles. The van der Waals surface area contributed by atoms with Gasteiger partial charge in [-0.1, -0.05) is 13.8 Å². The molecular formula is C15H20N2O2S. The topological polar surface area (TPSA) is 43.4 Å². The molecule has 20 heavy (non-hydrogen) atoms. The zero-order chi connectivity index (χ0) is 14.5. The van der Waals surface area contributed by atoms with Gasteiger partial charge in [-0.15, -0.1) is 11.3 Å². The highest BCUT2D eigenvalue weighted by atomic mass is 32.1. The lowest BCUT2D eigenvalue weighted by atomic mass is 10.2. The van der Waals surface area contributed by atoms with Crippen LogP contribution in [0.3, 0.4) is 0 Å². The van der Waals surface area contributed by atoms with E-state index >= 15 is 0 Å². The standard InChI is InChI=1S/C15H20N2O2S/c1-10(2)16-8-12-9-20-15(17-12)11-5-6-13(18-3)14(7-11)19-4/h5-7,9-10,16H,8H2,1-4H3.